The minimum Gasteiger partial charge on any atom is -0.339 e. The van der Waals surface area contributed by atoms with Gasteiger partial charge in [-0.15, -0.1) is 10.2 Å². The Morgan fingerprint density at radius 3 is 2.43 bits per heavy atom. The number of aromatic nitrogens is 3. The van der Waals surface area contributed by atoms with E-state index in [1.807, 2.05) is 15.9 Å². The molecule has 1 saturated heterocycles. The number of aryl methyl sites for hydroxylation is 1. The highest BCUT2D eigenvalue weighted by Crippen LogP contribution is 2.25. The maximum atomic E-state index is 13.1. The van der Waals surface area contributed by atoms with E-state index in [1.54, 1.807) is 11.8 Å². The van der Waals surface area contributed by atoms with E-state index in [4.69, 9.17) is 0 Å². The smallest absolute Gasteiger partial charge is 0.226 e. The molecule has 0 N–H and O–H groups in total. The van der Waals surface area contributed by atoms with Crippen LogP contribution in [0.15, 0.2) is 59.8 Å². The van der Waals surface area contributed by atoms with Crippen molar-refractivity contribution in [3.63, 3.8) is 0 Å². The Kier molecular flexibility index (Phi) is 12.1. The molecule has 2 heterocycles. The fourth-order valence-corrected chi connectivity index (χ4v) is 6.61. The molecule has 0 bridgehead atoms. The Hall–Kier alpha value is -3.13. The van der Waals surface area contributed by atoms with Crippen LogP contribution in [0.5, 0.6) is 0 Å². The second-order valence-electron chi connectivity index (χ2n) is 11.5. The first-order chi connectivity index (χ1) is 20.4. The van der Waals surface area contributed by atoms with Gasteiger partial charge in [0, 0.05) is 55.9 Å². The van der Waals surface area contributed by atoms with Crippen molar-refractivity contribution in [3.8, 4) is 5.69 Å². The van der Waals surface area contributed by atoms with Crippen LogP contribution < -0.4 is 0 Å². The maximum Gasteiger partial charge on any atom is 0.226 e. The van der Waals surface area contributed by atoms with Crippen molar-refractivity contribution in [2.24, 2.45) is 5.92 Å². The highest BCUT2D eigenvalue weighted by Gasteiger charge is 2.32. The van der Waals surface area contributed by atoms with Gasteiger partial charge in [-0.2, -0.15) is 0 Å². The summed E-state index contributed by atoms with van der Waals surface area (Å²) in [6.45, 7) is 10.4. The van der Waals surface area contributed by atoms with Crippen LogP contribution in [0, 0.1) is 12.8 Å². The first-order valence-electron chi connectivity index (χ1n) is 15.7. The highest BCUT2D eigenvalue weighted by atomic mass is 32.2. The number of unbranched alkanes of at least 4 members (excludes halogenated alkanes) is 2. The number of hydrogen-bond donors (Lipinski definition) is 0. The molecule has 2 atom stereocenters. The van der Waals surface area contributed by atoms with Gasteiger partial charge in [-0.05, 0) is 57.2 Å². The standard InChI is InChI=1S/C34H47N5O2S/c1-5-7-15-29(6-2)33(41)38-22-21-37(25-27(38)4)32(40)16-11-12-23-42-34-36-35-31(24-28-13-9-8-10-14-28)39(34)30-19-17-26(3)18-20-30/h8-10,13-14,17-20,27,29H,5-7,11-12,15-16,21-25H2,1-4H3. The van der Waals surface area contributed by atoms with Crippen molar-refractivity contribution in [2.45, 2.75) is 90.3 Å². The van der Waals surface area contributed by atoms with Crippen molar-refractivity contribution in [1.82, 2.24) is 24.6 Å². The molecule has 0 aliphatic carbocycles. The summed E-state index contributed by atoms with van der Waals surface area (Å²) in [6, 6.07) is 18.9. The van der Waals surface area contributed by atoms with Crippen LogP contribution in [0.3, 0.4) is 0 Å². The number of amides is 2. The van der Waals surface area contributed by atoms with Crippen molar-refractivity contribution in [3.05, 3.63) is 71.5 Å². The maximum absolute atomic E-state index is 13.1. The lowest BCUT2D eigenvalue weighted by molar-refractivity contribution is -0.145. The molecule has 1 fully saturated rings. The number of piperazine rings is 1. The molecule has 7 nitrogen and oxygen atoms in total. The van der Waals surface area contributed by atoms with Gasteiger partial charge < -0.3 is 9.80 Å². The summed E-state index contributed by atoms with van der Waals surface area (Å²) in [6.07, 6.45) is 7.07. The van der Waals surface area contributed by atoms with E-state index in [9.17, 15) is 9.59 Å². The molecule has 2 aromatic carbocycles. The number of rotatable bonds is 14. The number of carbonyl (C=O) groups excluding carboxylic acids is 2. The Balaban J connectivity index is 1.27. The van der Waals surface area contributed by atoms with Gasteiger partial charge >= 0.3 is 0 Å². The van der Waals surface area contributed by atoms with E-state index in [1.165, 1.54) is 11.1 Å². The third kappa shape index (κ3) is 8.46. The quantitative estimate of drug-likeness (QED) is 0.155. The molecule has 1 aliphatic heterocycles. The van der Waals surface area contributed by atoms with Gasteiger partial charge in [-0.1, -0.05) is 86.5 Å². The number of thioether (sulfide) groups is 1. The van der Waals surface area contributed by atoms with Crippen LogP contribution in [-0.2, 0) is 16.0 Å². The fraction of sp³-hybridized carbons (Fsp3) is 0.529. The molecule has 2 amide bonds. The lowest BCUT2D eigenvalue weighted by Crippen LogP contribution is -2.56. The van der Waals surface area contributed by atoms with Crippen LogP contribution in [0.4, 0.5) is 0 Å². The predicted octanol–water partition coefficient (Wildman–Crippen LogP) is 6.70. The predicted molar refractivity (Wildman–Crippen MR) is 171 cm³/mol. The molecule has 1 aromatic heterocycles. The average Bonchev–Trinajstić information content (AvgIpc) is 3.39. The van der Waals surface area contributed by atoms with Gasteiger partial charge in [0.1, 0.15) is 5.82 Å². The molecular formula is C34H47N5O2S. The Morgan fingerprint density at radius 2 is 1.74 bits per heavy atom. The van der Waals surface area contributed by atoms with Crippen LogP contribution in [-0.4, -0.2) is 67.8 Å². The van der Waals surface area contributed by atoms with Crippen molar-refractivity contribution < 1.29 is 9.59 Å². The Morgan fingerprint density at radius 1 is 0.976 bits per heavy atom. The normalized spacial score (nSPS) is 16.0. The van der Waals surface area contributed by atoms with E-state index in [2.05, 4.69) is 91.0 Å². The van der Waals surface area contributed by atoms with E-state index in [0.717, 1.165) is 60.9 Å². The molecule has 2 unspecified atom stereocenters. The zero-order chi connectivity index (χ0) is 29.9. The topological polar surface area (TPSA) is 71.3 Å². The molecule has 1 aliphatic rings. The summed E-state index contributed by atoms with van der Waals surface area (Å²) < 4.78 is 2.16. The molecule has 4 rings (SSSR count). The first-order valence-corrected chi connectivity index (χ1v) is 16.7. The summed E-state index contributed by atoms with van der Waals surface area (Å²) in [4.78, 5) is 30.1. The van der Waals surface area contributed by atoms with Gasteiger partial charge in [-0.25, -0.2) is 0 Å². The highest BCUT2D eigenvalue weighted by molar-refractivity contribution is 7.99. The second-order valence-corrected chi connectivity index (χ2v) is 12.6. The minimum absolute atomic E-state index is 0.0691. The molecule has 226 valence electrons. The average molecular weight is 590 g/mol. The van der Waals surface area contributed by atoms with E-state index in [0.29, 0.717) is 32.5 Å². The number of nitrogens with zero attached hydrogens (tertiary/aromatic N) is 5. The van der Waals surface area contributed by atoms with Gasteiger partial charge in [-0.3, -0.25) is 14.2 Å². The fourth-order valence-electron chi connectivity index (χ4n) is 5.64. The summed E-state index contributed by atoms with van der Waals surface area (Å²) in [5, 5.41) is 9.99. The Bertz CT molecular complexity index is 1280. The molecule has 0 radical (unpaired) electrons. The monoisotopic (exact) mass is 589 g/mol. The summed E-state index contributed by atoms with van der Waals surface area (Å²) in [5.74, 6) is 2.37. The second kappa shape index (κ2) is 15.9. The third-order valence-electron chi connectivity index (χ3n) is 8.23. The Labute approximate surface area is 256 Å². The zero-order valence-corrected chi connectivity index (χ0v) is 26.6. The molecule has 8 heteroatoms. The summed E-state index contributed by atoms with van der Waals surface area (Å²) in [5.41, 5.74) is 3.49. The van der Waals surface area contributed by atoms with Crippen molar-refractivity contribution in [2.75, 3.05) is 25.4 Å². The van der Waals surface area contributed by atoms with Crippen molar-refractivity contribution in [1.29, 1.82) is 0 Å². The van der Waals surface area contributed by atoms with E-state index >= 15 is 0 Å². The van der Waals surface area contributed by atoms with E-state index in [-0.39, 0.29) is 23.8 Å². The van der Waals surface area contributed by atoms with Gasteiger partial charge in [0.2, 0.25) is 11.8 Å². The molecule has 0 spiro atoms. The largest absolute Gasteiger partial charge is 0.339 e. The van der Waals surface area contributed by atoms with Gasteiger partial charge in [0.05, 0.1) is 0 Å². The number of carbonyl (C=O) groups is 2. The van der Waals surface area contributed by atoms with Crippen LogP contribution in [0.2, 0.25) is 0 Å². The SMILES string of the molecule is CCCCC(CC)C(=O)N1CCN(C(=O)CCCCSc2nnc(Cc3ccccc3)n2-c2ccc(C)cc2)CC1C. The van der Waals surface area contributed by atoms with Crippen molar-refractivity contribution >= 4 is 23.6 Å². The molecular weight excluding hydrogens is 542 g/mol. The third-order valence-corrected chi connectivity index (χ3v) is 9.24. The molecule has 42 heavy (non-hydrogen) atoms. The lowest BCUT2D eigenvalue weighted by Gasteiger charge is -2.41. The molecule has 0 saturated carbocycles. The van der Waals surface area contributed by atoms with Gasteiger partial charge in [0.25, 0.3) is 0 Å². The first kappa shape index (κ1) is 31.8. The minimum atomic E-state index is 0.0691. The van der Waals surface area contributed by atoms with Crippen LogP contribution >= 0.6 is 11.8 Å². The molecule has 3 aromatic rings. The number of hydrogen-bond acceptors (Lipinski definition) is 5. The lowest BCUT2D eigenvalue weighted by atomic mass is 9.96. The van der Waals surface area contributed by atoms with Crippen LogP contribution in [0.25, 0.3) is 5.69 Å². The summed E-state index contributed by atoms with van der Waals surface area (Å²) >= 11 is 1.70. The van der Waals surface area contributed by atoms with Gasteiger partial charge in [0.15, 0.2) is 5.16 Å². The summed E-state index contributed by atoms with van der Waals surface area (Å²) in [7, 11) is 0. The zero-order valence-electron chi connectivity index (χ0n) is 25.8. The van der Waals surface area contributed by atoms with E-state index < -0.39 is 0 Å². The number of benzene rings is 2. The van der Waals surface area contributed by atoms with Crippen LogP contribution in [0.1, 0.15) is 82.7 Å².